The van der Waals surface area contributed by atoms with Crippen molar-refractivity contribution in [3.63, 3.8) is 0 Å². The molecule has 1 aliphatic heterocycles. The molecular formula is C20H23N5O2. The van der Waals surface area contributed by atoms with E-state index in [0.717, 1.165) is 6.42 Å². The molecule has 7 heteroatoms. The number of carbonyl (C=O) groups is 2. The van der Waals surface area contributed by atoms with Crippen LogP contribution in [-0.2, 0) is 4.79 Å². The quantitative estimate of drug-likeness (QED) is 0.897. The first kappa shape index (κ1) is 17.5. The van der Waals surface area contributed by atoms with Gasteiger partial charge in [-0.2, -0.15) is 0 Å². The lowest BCUT2D eigenvalue weighted by atomic mass is 10.1. The Morgan fingerprint density at radius 1 is 1.07 bits per heavy atom. The van der Waals surface area contributed by atoms with Crippen molar-refractivity contribution in [3.8, 4) is 0 Å². The van der Waals surface area contributed by atoms with Crippen LogP contribution >= 0.6 is 0 Å². The molecule has 2 fully saturated rings. The Morgan fingerprint density at radius 2 is 1.78 bits per heavy atom. The van der Waals surface area contributed by atoms with E-state index in [-0.39, 0.29) is 17.7 Å². The molecule has 0 radical (unpaired) electrons. The normalized spacial score (nSPS) is 21.7. The summed E-state index contributed by atoms with van der Waals surface area (Å²) in [6, 6.07) is 8.99. The number of benzene rings is 1. The van der Waals surface area contributed by atoms with E-state index in [1.54, 1.807) is 30.6 Å². The number of carbonyl (C=O) groups excluding carboxylic acids is 2. The highest BCUT2D eigenvalue weighted by Gasteiger charge is 2.39. The number of hydrogen-bond acceptors (Lipinski definition) is 5. The largest absolute Gasteiger partial charge is 0.337 e. The predicted octanol–water partition coefficient (Wildman–Crippen LogP) is 2.03. The Kier molecular flexibility index (Phi) is 4.75. The third kappa shape index (κ3) is 3.92. The molecule has 2 amide bonds. The molecule has 1 aromatic carbocycles. The molecule has 2 aromatic rings. The highest BCUT2D eigenvalue weighted by atomic mass is 16.2. The maximum atomic E-state index is 12.8. The first-order valence-electron chi connectivity index (χ1n) is 9.34. The number of piperazine rings is 1. The molecule has 1 saturated carbocycles. The van der Waals surface area contributed by atoms with Gasteiger partial charge >= 0.3 is 0 Å². The van der Waals surface area contributed by atoms with Crippen LogP contribution in [0.3, 0.4) is 0 Å². The molecule has 2 aliphatic rings. The summed E-state index contributed by atoms with van der Waals surface area (Å²) in [6.45, 7) is 4.71. The Bertz CT molecular complexity index is 833. The van der Waals surface area contributed by atoms with Crippen molar-refractivity contribution in [2.75, 3.05) is 36.4 Å². The third-order valence-electron chi connectivity index (χ3n) is 5.23. The van der Waals surface area contributed by atoms with E-state index >= 15 is 0 Å². The Hall–Kier alpha value is -2.96. The Morgan fingerprint density at radius 3 is 2.44 bits per heavy atom. The predicted molar refractivity (Wildman–Crippen MR) is 102 cm³/mol. The molecule has 4 rings (SSSR count). The molecule has 1 N–H and O–H groups in total. The van der Waals surface area contributed by atoms with Gasteiger partial charge in [0.25, 0.3) is 5.91 Å². The van der Waals surface area contributed by atoms with Gasteiger partial charge in [0, 0.05) is 55.7 Å². The van der Waals surface area contributed by atoms with Crippen molar-refractivity contribution in [3.05, 3.63) is 48.3 Å². The van der Waals surface area contributed by atoms with Crippen molar-refractivity contribution in [1.82, 2.24) is 14.9 Å². The van der Waals surface area contributed by atoms with Gasteiger partial charge in [0.05, 0.1) is 0 Å². The summed E-state index contributed by atoms with van der Waals surface area (Å²) in [6.07, 6.45) is 4.39. The smallest absolute Gasteiger partial charge is 0.254 e. The number of nitrogens with zero attached hydrogens (tertiary/aromatic N) is 4. The molecule has 1 aliphatic carbocycles. The fourth-order valence-electron chi connectivity index (χ4n) is 3.40. The molecule has 140 valence electrons. The average Bonchev–Trinajstić information content (AvgIpc) is 3.45. The van der Waals surface area contributed by atoms with Gasteiger partial charge in [0.1, 0.15) is 0 Å². The van der Waals surface area contributed by atoms with Crippen LogP contribution in [0.5, 0.6) is 0 Å². The van der Waals surface area contributed by atoms with Gasteiger partial charge < -0.3 is 15.1 Å². The van der Waals surface area contributed by atoms with Crippen molar-refractivity contribution >= 4 is 23.5 Å². The molecule has 1 saturated heterocycles. The highest BCUT2D eigenvalue weighted by Crippen LogP contribution is 2.38. The summed E-state index contributed by atoms with van der Waals surface area (Å²) in [4.78, 5) is 37.4. The standard InChI is InChI=1S/C20H23N5O2/c1-14-12-17(14)18(26)23-16-5-2-4-15(13-16)19(27)24-8-10-25(11-9-24)20-21-6-3-7-22-20/h2-7,13-14,17H,8-12H2,1H3,(H,23,26)/t14-,17+/m0/s1. The fraction of sp³-hybridized carbons (Fsp3) is 0.400. The Labute approximate surface area is 158 Å². The zero-order valence-electron chi connectivity index (χ0n) is 15.3. The summed E-state index contributed by atoms with van der Waals surface area (Å²) in [5, 5.41) is 2.93. The van der Waals surface area contributed by atoms with E-state index in [4.69, 9.17) is 0 Å². The van der Waals surface area contributed by atoms with E-state index in [1.807, 2.05) is 17.0 Å². The molecule has 0 bridgehead atoms. The van der Waals surface area contributed by atoms with Crippen molar-refractivity contribution in [2.24, 2.45) is 11.8 Å². The second kappa shape index (κ2) is 7.34. The van der Waals surface area contributed by atoms with Crippen LogP contribution in [0.1, 0.15) is 23.7 Å². The summed E-state index contributed by atoms with van der Waals surface area (Å²) >= 11 is 0. The Balaban J connectivity index is 1.37. The minimum atomic E-state index is -0.0143. The lowest BCUT2D eigenvalue weighted by Crippen LogP contribution is -2.49. The number of hydrogen-bond donors (Lipinski definition) is 1. The van der Waals surface area contributed by atoms with Gasteiger partial charge in [-0.05, 0) is 36.6 Å². The monoisotopic (exact) mass is 365 g/mol. The third-order valence-corrected chi connectivity index (χ3v) is 5.23. The average molecular weight is 365 g/mol. The van der Waals surface area contributed by atoms with Crippen molar-refractivity contribution < 1.29 is 9.59 Å². The molecule has 2 atom stereocenters. The van der Waals surface area contributed by atoms with Crippen LogP contribution in [0.25, 0.3) is 0 Å². The molecular weight excluding hydrogens is 342 g/mol. The maximum Gasteiger partial charge on any atom is 0.254 e. The topological polar surface area (TPSA) is 78.4 Å². The van der Waals surface area contributed by atoms with Gasteiger partial charge in [-0.1, -0.05) is 13.0 Å². The summed E-state index contributed by atoms with van der Waals surface area (Å²) in [5.41, 5.74) is 1.28. The van der Waals surface area contributed by atoms with Crippen LogP contribution in [0.15, 0.2) is 42.7 Å². The lowest BCUT2D eigenvalue weighted by Gasteiger charge is -2.34. The SMILES string of the molecule is C[C@H]1C[C@H]1C(=O)Nc1cccc(C(=O)N2CCN(c3ncccn3)CC2)c1. The van der Waals surface area contributed by atoms with Gasteiger partial charge in [-0.25, -0.2) is 9.97 Å². The lowest BCUT2D eigenvalue weighted by molar-refractivity contribution is -0.117. The molecule has 0 spiro atoms. The number of aromatic nitrogens is 2. The van der Waals surface area contributed by atoms with Crippen LogP contribution in [0.2, 0.25) is 0 Å². The van der Waals surface area contributed by atoms with Gasteiger partial charge in [0.15, 0.2) is 0 Å². The second-order valence-corrected chi connectivity index (χ2v) is 7.22. The first-order valence-corrected chi connectivity index (χ1v) is 9.34. The number of amides is 2. The molecule has 0 unspecified atom stereocenters. The number of nitrogens with one attached hydrogen (secondary N) is 1. The zero-order valence-corrected chi connectivity index (χ0v) is 15.3. The summed E-state index contributed by atoms with van der Waals surface area (Å²) in [7, 11) is 0. The van der Waals surface area contributed by atoms with Crippen LogP contribution in [-0.4, -0.2) is 52.9 Å². The molecule has 27 heavy (non-hydrogen) atoms. The second-order valence-electron chi connectivity index (χ2n) is 7.22. The van der Waals surface area contributed by atoms with Crippen molar-refractivity contribution in [2.45, 2.75) is 13.3 Å². The van der Waals surface area contributed by atoms with Gasteiger partial charge in [-0.15, -0.1) is 0 Å². The zero-order chi connectivity index (χ0) is 18.8. The number of anilines is 2. The van der Waals surface area contributed by atoms with Crippen LogP contribution in [0, 0.1) is 11.8 Å². The molecule has 7 nitrogen and oxygen atoms in total. The number of rotatable bonds is 4. The van der Waals surface area contributed by atoms with Crippen molar-refractivity contribution in [1.29, 1.82) is 0 Å². The van der Waals surface area contributed by atoms with Gasteiger partial charge in [-0.3, -0.25) is 9.59 Å². The van der Waals surface area contributed by atoms with E-state index in [9.17, 15) is 9.59 Å². The van der Waals surface area contributed by atoms with E-state index in [2.05, 4.69) is 27.1 Å². The van der Waals surface area contributed by atoms with Gasteiger partial charge in [0.2, 0.25) is 11.9 Å². The highest BCUT2D eigenvalue weighted by molar-refractivity contribution is 5.98. The van der Waals surface area contributed by atoms with Crippen LogP contribution in [0.4, 0.5) is 11.6 Å². The van der Waals surface area contributed by atoms with E-state index < -0.39 is 0 Å². The summed E-state index contributed by atoms with van der Waals surface area (Å²) in [5.74, 6) is 1.30. The molecule has 2 heterocycles. The van der Waals surface area contributed by atoms with E-state index in [1.165, 1.54) is 0 Å². The first-order chi connectivity index (χ1) is 13.1. The van der Waals surface area contributed by atoms with Crippen LogP contribution < -0.4 is 10.2 Å². The minimum absolute atomic E-state index is 0.0143. The van der Waals surface area contributed by atoms with E-state index in [0.29, 0.717) is 49.3 Å². The maximum absolute atomic E-state index is 12.8. The summed E-state index contributed by atoms with van der Waals surface area (Å²) < 4.78 is 0. The minimum Gasteiger partial charge on any atom is -0.337 e. The molecule has 1 aromatic heterocycles. The fourth-order valence-corrected chi connectivity index (χ4v) is 3.40.